The predicted molar refractivity (Wildman–Crippen MR) is 117 cm³/mol. The molecule has 0 radical (unpaired) electrons. The normalized spacial score (nSPS) is 9.96. The van der Waals surface area contributed by atoms with Crippen molar-refractivity contribution >= 4 is 48.0 Å². The van der Waals surface area contributed by atoms with Crippen molar-refractivity contribution in [1.82, 2.24) is 10.6 Å². The van der Waals surface area contributed by atoms with Gasteiger partial charge in [0.15, 0.2) is 5.75 Å². The van der Waals surface area contributed by atoms with E-state index in [0.717, 1.165) is 43.7 Å². The first-order chi connectivity index (χ1) is 11.7. The molecule has 0 bridgehead atoms. The van der Waals surface area contributed by atoms with E-state index in [1.807, 2.05) is 42.5 Å². The maximum atomic E-state index is 6.34. The Labute approximate surface area is 178 Å². The van der Waals surface area contributed by atoms with E-state index in [1.165, 1.54) is 0 Å². The van der Waals surface area contributed by atoms with Crippen LogP contribution in [-0.4, -0.2) is 19.6 Å². The topological polar surface area (TPSA) is 33.3 Å². The Balaban J connectivity index is 0.00000312. The van der Waals surface area contributed by atoms with Crippen LogP contribution in [-0.2, 0) is 13.2 Å². The van der Waals surface area contributed by atoms with E-state index in [9.17, 15) is 0 Å². The molecule has 0 aliphatic rings. The fourth-order valence-electron chi connectivity index (χ4n) is 2.33. The smallest absolute Gasteiger partial charge is 0.156 e. The van der Waals surface area contributed by atoms with Crippen LogP contribution in [0.15, 0.2) is 42.5 Å². The molecule has 0 heterocycles. The van der Waals surface area contributed by atoms with Gasteiger partial charge in [0, 0.05) is 6.54 Å². The van der Waals surface area contributed by atoms with E-state index < -0.39 is 0 Å². The minimum Gasteiger partial charge on any atom is -0.486 e. The second kappa shape index (κ2) is 14.4. The summed E-state index contributed by atoms with van der Waals surface area (Å²) in [5.74, 6) is 0.540. The van der Waals surface area contributed by atoms with Gasteiger partial charge in [0.1, 0.15) is 6.61 Å². The Morgan fingerprint density at radius 1 is 0.885 bits per heavy atom. The summed E-state index contributed by atoms with van der Waals surface area (Å²) in [6.07, 6.45) is 1.09. The first-order valence-electron chi connectivity index (χ1n) is 8.26. The molecular weight excluding hydrogens is 414 g/mol. The molecule has 7 heteroatoms. The zero-order valence-electron chi connectivity index (χ0n) is 14.8. The zero-order valence-corrected chi connectivity index (χ0v) is 17.9. The minimum absolute atomic E-state index is 0. The molecule has 0 amide bonds. The van der Waals surface area contributed by atoms with Gasteiger partial charge in [-0.05, 0) is 49.3 Å². The highest BCUT2D eigenvalue weighted by Crippen LogP contribution is 2.34. The standard InChI is InChI=1S/C19H24Cl2N2O.2ClH/c1-2-22-9-6-10-23-13-16-11-17(20)19(18(21)12-16)24-14-15-7-4-3-5-8-15;;/h3-5,7-8,11-12,22-23H,2,6,9-10,13-14H2,1H3;2*1H. The van der Waals surface area contributed by atoms with E-state index in [-0.39, 0.29) is 24.8 Å². The van der Waals surface area contributed by atoms with E-state index >= 15 is 0 Å². The summed E-state index contributed by atoms with van der Waals surface area (Å²) < 4.78 is 5.79. The molecular formula is C19H26Cl4N2O. The quantitative estimate of drug-likeness (QED) is 0.479. The van der Waals surface area contributed by atoms with Gasteiger partial charge >= 0.3 is 0 Å². The molecule has 2 aromatic rings. The third-order valence-electron chi connectivity index (χ3n) is 3.57. The van der Waals surface area contributed by atoms with E-state index in [1.54, 1.807) is 0 Å². The van der Waals surface area contributed by atoms with Gasteiger partial charge in [-0.1, -0.05) is 60.5 Å². The Hall–Kier alpha value is -0.680. The summed E-state index contributed by atoms with van der Waals surface area (Å²) in [5.41, 5.74) is 2.14. The molecule has 0 aromatic heterocycles. The van der Waals surface area contributed by atoms with Crippen LogP contribution >= 0.6 is 48.0 Å². The molecule has 0 aliphatic heterocycles. The maximum Gasteiger partial charge on any atom is 0.156 e. The number of rotatable bonds is 10. The van der Waals surface area contributed by atoms with Crippen molar-refractivity contribution < 1.29 is 4.74 Å². The number of nitrogens with one attached hydrogen (secondary N) is 2. The van der Waals surface area contributed by atoms with Crippen molar-refractivity contribution in [3.8, 4) is 5.75 Å². The fourth-order valence-corrected chi connectivity index (χ4v) is 2.97. The highest BCUT2D eigenvalue weighted by atomic mass is 35.5. The molecule has 0 unspecified atom stereocenters. The van der Waals surface area contributed by atoms with Crippen LogP contribution in [0, 0.1) is 0 Å². The second-order valence-corrected chi connectivity index (χ2v) is 6.36. The molecule has 2 aromatic carbocycles. The number of ether oxygens (including phenoxy) is 1. The molecule has 0 saturated heterocycles. The summed E-state index contributed by atoms with van der Waals surface area (Å²) in [6, 6.07) is 13.8. The molecule has 2 rings (SSSR count). The van der Waals surface area contributed by atoms with Gasteiger partial charge in [-0.15, -0.1) is 24.8 Å². The van der Waals surface area contributed by atoms with E-state index in [4.69, 9.17) is 27.9 Å². The maximum absolute atomic E-state index is 6.34. The monoisotopic (exact) mass is 438 g/mol. The molecule has 3 nitrogen and oxygen atoms in total. The van der Waals surface area contributed by atoms with Crippen molar-refractivity contribution in [3.05, 3.63) is 63.6 Å². The molecule has 0 spiro atoms. The number of hydrogen-bond acceptors (Lipinski definition) is 3. The summed E-state index contributed by atoms with van der Waals surface area (Å²) in [5, 5.41) is 7.78. The summed E-state index contributed by atoms with van der Waals surface area (Å²) in [6.45, 7) is 6.28. The van der Waals surface area contributed by atoms with Gasteiger partial charge in [0.2, 0.25) is 0 Å². The van der Waals surface area contributed by atoms with Crippen molar-refractivity contribution in [2.75, 3.05) is 19.6 Å². The van der Waals surface area contributed by atoms with Crippen molar-refractivity contribution in [1.29, 1.82) is 0 Å². The Kier molecular flexibility index (Phi) is 14.0. The molecule has 0 aliphatic carbocycles. The van der Waals surface area contributed by atoms with Crippen LogP contribution in [0.25, 0.3) is 0 Å². The first kappa shape index (κ1) is 25.3. The van der Waals surface area contributed by atoms with Gasteiger partial charge < -0.3 is 15.4 Å². The van der Waals surface area contributed by atoms with Gasteiger partial charge in [-0.3, -0.25) is 0 Å². The minimum atomic E-state index is 0. The largest absolute Gasteiger partial charge is 0.486 e. The number of benzene rings is 2. The second-order valence-electron chi connectivity index (χ2n) is 5.55. The van der Waals surface area contributed by atoms with E-state index in [0.29, 0.717) is 22.4 Å². The predicted octanol–water partition coefficient (Wildman–Crippen LogP) is 5.51. The molecule has 0 saturated carbocycles. The van der Waals surface area contributed by atoms with Crippen LogP contribution < -0.4 is 15.4 Å². The number of halogens is 4. The Morgan fingerprint density at radius 3 is 2.12 bits per heavy atom. The number of hydrogen-bond donors (Lipinski definition) is 2. The Morgan fingerprint density at radius 2 is 1.50 bits per heavy atom. The van der Waals surface area contributed by atoms with Gasteiger partial charge in [-0.2, -0.15) is 0 Å². The average Bonchev–Trinajstić information content (AvgIpc) is 2.58. The first-order valence-corrected chi connectivity index (χ1v) is 9.02. The van der Waals surface area contributed by atoms with Crippen LogP contribution in [0.4, 0.5) is 0 Å². The lowest BCUT2D eigenvalue weighted by Gasteiger charge is -2.12. The SMILES string of the molecule is CCNCCCNCc1cc(Cl)c(OCc2ccccc2)c(Cl)c1.Cl.Cl. The lowest BCUT2D eigenvalue weighted by atomic mass is 10.2. The summed E-state index contributed by atoms with van der Waals surface area (Å²) >= 11 is 12.7. The highest BCUT2D eigenvalue weighted by Gasteiger charge is 2.10. The van der Waals surface area contributed by atoms with Crippen LogP contribution in [0.1, 0.15) is 24.5 Å². The van der Waals surface area contributed by atoms with Gasteiger partial charge in [-0.25, -0.2) is 0 Å². The van der Waals surface area contributed by atoms with Crippen molar-refractivity contribution in [3.63, 3.8) is 0 Å². The lowest BCUT2D eigenvalue weighted by molar-refractivity contribution is 0.306. The van der Waals surface area contributed by atoms with Crippen molar-refractivity contribution in [2.24, 2.45) is 0 Å². The van der Waals surface area contributed by atoms with Crippen molar-refractivity contribution in [2.45, 2.75) is 26.5 Å². The fraction of sp³-hybridized carbons (Fsp3) is 0.368. The third-order valence-corrected chi connectivity index (χ3v) is 4.13. The van der Waals surface area contributed by atoms with Crippen LogP contribution in [0.3, 0.4) is 0 Å². The third kappa shape index (κ3) is 8.81. The van der Waals surface area contributed by atoms with Crippen LogP contribution in [0.5, 0.6) is 5.75 Å². The Bertz CT molecular complexity index is 603. The zero-order chi connectivity index (χ0) is 17.2. The molecule has 0 atom stereocenters. The van der Waals surface area contributed by atoms with Crippen LogP contribution in [0.2, 0.25) is 10.0 Å². The molecule has 146 valence electrons. The molecule has 2 N–H and O–H groups in total. The van der Waals surface area contributed by atoms with E-state index in [2.05, 4.69) is 17.6 Å². The lowest BCUT2D eigenvalue weighted by Crippen LogP contribution is -2.21. The summed E-state index contributed by atoms with van der Waals surface area (Å²) in [4.78, 5) is 0. The van der Waals surface area contributed by atoms with Gasteiger partial charge in [0.25, 0.3) is 0 Å². The average molecular weight is 440 g/mol. The summed E-state index contributed by atoms with van der Waals surface area (Å²) in [7, 11) is 0. The highest BCUT2D eigenvalue weighted by molar-refractivity contribution is 6.37. The van der Waals surface area contributed by atoms with Gasteiger partial charge in [0.05, 0.1) is 10.0 Å². The molecule has 26 heavy (non-hydrogen) atoms. The molecule has 0 fully saturated rings.